The maximum absolute atomic E-state index is 4.49. The quantitative estimate of drug-likeness (QED) is 0.562. The zero-order valence-electron chi connectivity index (χ0n) is 10.8. The van der Waals surface area contributed by atoms with Gasteiger partial charge in [0.15, 0.2) is 0 Å². The van der Waals surface area contributed by atoms with E-state index in [1.165, 1.54) is 15.9 Å². The molecule has 2 aliphatic carbocycles. The predicted molar refractivity (Wildman–Crippen MR) is 79.1 cm³/mol. The standard InChI is InChI=1S/C15H15N3S/c1-18-13-7-2-3-8-14(13)19-15(18)17-16-12-9-10-5-4-6-11(10)12/h2-5,7-8,10-11H,6,9H2,1H3/b16-12-,17-15+. The van der Waals surface area contributed by atoms with E-state index in [1.807, 2.05) is 0 Å². The van der Waals surface area contributed by atoms with Crippen LogP contribution in [0.15, 0.2) is 46.6 Å². The Balaban J connectivity index is 1.73. The van der Waals surface area contributed by atoms with Crippen molar-refractivity contribution in [1.82, 2.24) is 4.57 Å². The van der Waals surface area contributed by atoms with Gasteiger partial charge in [0.25, 0.3) is 0 Å². The predicted octanol–water partition coefficient (Wildman–Crippen LogP) is 3.09. The smallest absolute Gasteiger partial charge is 0.211 e. The minimum atomic E-state index is 0.642. The van der Waals surface area contributed by atoms with Crippen molar-refractivity contribution in [3.8, 4) is 0 Å². The molecule has 1 fully saturated rings. The Morgan fingerprint density at radius 2 is 2.16 bits per heavy atom. The third-order valence-corrected chi connectivity index (χ3v) is 5.24. The first-order valence-corrected chi connectivity index (χ1v) is 7.46. The van der Waals surface area contributed by atoms with E-state index in [4.69, 9.17) is 0 Å². The topological polar surface area (TPSA) is 29.6 Å². The summed E-state index contributed by atoms with van der Waals surface area (Å²) in [7, 11) is 2.05. The van der Waals surface area contributed by atoms with Gasteiger partial charge in [0.2, 0.25) is 4.80 Å². The third kappa shape index (κ3) is 1.70. The fourth-order valence-electron chi connectivity index (χ4n) is 2.93. The van der Waals surface area contributed by atoms with E-state index in [1.54, 1.807) is 11.3 Å². The van der Waals surface area contributed by atoms with E-state index in [0.29, 0.717) is 5.92 Å². The molecule has 0 bridgehead atoms. The van der Waals surface area contributed by atoms with Crippen LogP contribution in [-0.4, -0.2) is 10.3 Å². The molecule has 0 saturated heterocycles. The van der Waals surface area contributed by atoms with Crippen LogP contribution < -0.4 is 4.80 Å². The Morgan fingerprint density at radius 3 is 3.00 bits per heavy atom. The summed E-state index contributed by atoms with van der Waals surface area (Å²) in [5.74, 6) is 1.38. The summed E-state index contributed by atoms with van der Waals surface area (Å²) in [6.45, 7) is 0. The van der Waals surface area contributed by atoms with Crippen LogP contribution in [0.2, 0.25) is 0 Å². The van der Waals surface area contributed by atoms with Gasteiger partial charge in [-0.3, -0.25) is 0 Å². The molecular formula is C15H15N3S. The van der Waals surface area contributed by atoms with E-state index >= 15 is 0 Å². The first kappa shape index (κ1) is 11.2. The number of hydrogen-bond donors (Lipinski definition) is 0. The second-order valence-electron chi connectivity index (χ2n) is 5.24. The molecular weight excluding hydrogens is 254 g/mol. The first-order chi connectivity index (χ1) is 9.33. The van der Waals surface area contributed by atoms with Crippen LogP contribution in [0.1, 0.15) is 12.8 Å². The molecule has 1 aromatic carbocycles. The number of benzene rings is 1. The molecule has 1 aromatic heterocycles. The fraction of sp³-hybridized carbons (Fsp3) is 0.333. The van der Waals surface area contributed by atoms with Crippen LogP contribution in [0.25, 0.3) is 10.2 Å². The molecule has 0 aliphatic heterocycles. The average Bonchev–Trinajstić information content (AvgIpc) is 2.93. The number of aromatic nitrogens is 1. The number of rotatable bonds is 1. The van der Waals surface area contributed by atoms with Gasteiger partial charge in [0.05, 0.1) is 10.2 Å². The summed E-state index contributed by atoms with van der Waals surface area (Å²) in [5, 5.41) is 8.96. The number of fused-ring (bicyclic) bond motifs is 2. The van der Waals surface area contributed by atoms with Gasteiger partial charge < -0.3 is 4.57 Å². The Kier molecular flexibility index (Phi) is 2.45. The monoisotopic (exact) mass is 269 g/mol. The van der Waals surface area contributed by atoms with Gasteiger partial charge in [0.1, 0.15) is 0 Å². The van der Waals surface area contributed by atoms with Gasteiger partial charge in [-0.1, -0.05) is 35.6 Å². The van der Waals surface area contributed by atoms with Crippen molar-refractivity contribution in [1.29, 1.82) is 0 Å². The lowest BCUT2D eigenvalue weighted by Gasteiger charge is -2.31. The van der Waals surface area contributed by atoms with E-state index < -0.39 is 0 Å². The van der Waals surface area contributed by atoms with Crippen LogP contribution in [0.3, 0.4) is 0 Å². The molecule has 2 aromatic rings. The van der Waals surface area contributed by atoms with Gasteiger partial charge in [-0.15, -0.1) is 5.10 Å². The molecule has 96 valence electrons. The van der Waals surface area contributed by atoms with Crippen molar-refractivity contribution in [2.24, 2.45) is 29.1 Å². The van der Waals surface area contributed by atoms with E-state index in [0.717, 1.165) is 23.6 Å². The summed E-state index contributed by atoms with van der Waals surface area (Å²) < 4.78 is 3.38. The highest BCUT2D eigenvalue weighted by molar-refractivity contribution is 7.16. The second kappa shape index (κ2) is 4.17. The van der Waals surface area contributed by atoms with Crippen LogP contribution in [0.5, 0.6) is 0 Å². The summed E-state index contributed by atoms with van der Waals surface area (Å²) in [4.78, 5) is 0.975. The average molecular weight is 269 g/mol. The summed E-state index contributed by atoms with van der Waals surface area (Å²) in [5.41, 5.74) is 2.49. The lowest BCUT2D eigenvalue weighted by Crippen LogP contribution is -2.33. The molecule has 2 atom stereocenters. The number of hydrogen-bond acceptors (Lipinski definition) is 3. The molecule has 3 nitrogen and oxygen atoms in total. The van der Waals surface area contributed by atoms with Crippen molar-refractivity contribution in [3.05, 3.63) is 41.2 Å². The first-order valence-electron chi connectivity index (χ1n) is 6.64. The largest absolute Gasteiger partial charge is 0.318 e. The molecule has 2 aliphatic rings. The van der Waals surface area contributed by atoms with Crippen LogP contribution in [0.4, 0.5) is 0 Å². The number of thiazole rings is 1. The van der Waals surface area contributed by atoms with Crippen LogP contribution >= 0.6 is 11.3 Å². The number of nitrogens with zero attached hydrogens (tertiary/aromatic N) is 3. The zero-order chi connectivity index (χ0) is 12.8. The van der Waals surface area contributed by atoms with Gasteiger partial charge in [-0.25, -0.2) is 0 Å². The summed E-state index contributed by atoms with van der Waals surface area (Å²) in [6.07, 6.45) is 6.84. The van der Waals surface area contributed by atoms with Gasteiger partial charge in [0, 0.05) is 18.7 Å². The number of aryl methyl sites for hydroxylation is 1. The van der Waals surface area contributed by atoms with E-state index in [2.05, 4.69) is 58.2 Å². The third-order valence-electron chi connectivity index (χ3n) is 4.14. The molecule has 1 heterocycles. The van der Waals surface area contributed by atoms with Crippen LogP contribution in [-0.2, 0) is 7.05 Å². The fourth-order valence-corrected chi connectivity index (χ4v) is 3.90. The van der Waals surface area contributed by atoms with Crippen molar-refractivity contribution in [2.75, 3.05) is 0 Å². The highest BCUT2D eigenvalue weighted by Crippen LogP contribution is 2.40. The van der Waals surface area contributed by atoms with Crippen molar-refractivity contribution in [2.45, 2.75) is 12.8 Å². The van der Waals surface area contributed by atoms with Gasteiger partial charge in [-0.05, 0) is 30.9 Å². The number of allylic oxidation sites excluding steroid dienone is 2. The molecule has 0 amide bonds. The van der Waals surface area contributed by atoms with Crippen molar-refractivity contribution in [3.63, 3.8) is 0 Å². The Morgan fingerprint density at radius 1 is 1.26 bits per heavy atom. The summed E-state index contributed by atoms with van der Waals surface area (Å²) >= 11 is 1.70. The van der Waals surface area contributed by atoms with Crippen molar-refractivity contribution >= 4 is 27.3 Å². The summed E-state index contributed by atoms with van der Waals surface area (Å²) in [6, 6.07) is 8.38. The van der Waals surface area contributed by atoms with E-state index in [9.17, 15) is 0 Å². The molecule has 19 heavy (non-hydrogen) atoms. The Labute approximate surface area is 115 Å². The maximum atomic E-state index is 4.49. The minimum absolute atomic E-state index is 0.642. The van der Waals surface area contributed by atoms with E-state index in [-0.39, 0.29) is 0 Å². The lowest BCUT2D eigenvalue weighted by molar-refractivity contribution is 0.465. The van der Waals surface area contributed by atoms with Crippen LogP contribution in [0, 0.1) is 11.8 Å². The molecule has 4 heteroatoms. The SMILES string of the molecule is Cn1/c(=N\N=C2\CC3C=CCC23)sc2ccccc21. The molecule has 0 N–H and O–H groups in total. The normalized spacial score (nSPS) is 28.1. The number of para-hydroxylation sites is 1. The zero-order valence-corrected chi connectivity index (χ0v) is 11.6. The molecule has 0 radical (unpaired) electrons. The van der Waals surface area contributed by atoms with Crippen molar-refractivity contribution < 1.29 is 0 Å². The molecule has 1 saturated carbocycles. The Bertz CT molecular complexity index is 763. The minimum Gasteiger partial charge on any atom is -0.318 e. The molecule has 0 spiro atoms. The molecule has 4 rings (SSSR count). The van der Waals surface area contributed by atoms with Gasteiger partial charge in [-0.2, -0.15) is 5.10 Å². The highest BCUT2D eigenvalue weighted by Gasteiger charge is 2.37. The second-order valence-corrected chi connectivity index (χ2v) is 6.25. The lowest BCUT2D eigenvalue weighted by atomic mass is 9.74. The van der Waals surface area contributed by atoms with Gasteiger partial charge >= 0.3 is 0 Å². The highest BCUT2D eigenvalue weighted by atomic mass is 32.1. The maximum Gasteiger partial charge on any atom is 0.211 e. The Hall–Kier alpha value is -1.68. The molecule has 2 unspecified atom stereocenters.